The quantitative estimate of drug-likeness (QED) is 0.398. The van der Waals surface area contributed by atoms with Crippen molar-refractivity contribution in [3.8, 4) is 28.7 Å². The highest BCUT2D eigenvalue weighted by atomic mass is 35.5. The third-order valence-corrected chi connectivity index (χ3v) is 7.44. The van der Waals surface area contributed by atoms with Crippen LogP contribution in [0.5, 0.6) is 11.5 Å². The summed E-state index contributed by atoms with van der Waals surface area (Å²) in [5, 5.41) is 16.8. The number of aromatic nitrogens is 1. The van der Waals surface area contributed by atoms with Gasteiger partial charge in [-0.05, 0) is 76.4 Å². The topological polar surface area (TPSA) is 96.3 Å². The van der Waals surface area contributed by atoms with Crippen LogP contribution in [0.4, 0.5) is 0 Å². The van der Waals surface area contributed by atoms with E-state index >= 15 is 0 Å². The van der Waals surface area contributed by atoms with Crippen LogP contribution in [0.3, 0.4) is 0 Å². The number of amides is 1. The number of nitriles is 1. The number of rotatable bonds is 5. The zero-order chi connectivity index (χ0) is 27.8. The van der Waals surface area contributed by atoms with Crippen LogP contribution in [-0.2, 0) is 17.7 Å². The van der Waals surface area contributed by atoms with Crippen molar-refractivity contribution in [3.63, 3.8) is 0 Å². The van der Waals surface area contributed by atoms with E-state index in [4.69, 9.17) is 21.1 Å². The molecule has 3 heterocycles. The number of nitrogens with one attached hydrogen (secondary N) is 2. The molecule has 202 valence electrons. The number of pyridine rings is 1. The molecule has 1 saturated heterocycles. The molecular weight excluding hydrogens is 512 g/mol. The van der Waals surface area contributed by atoms with E-state index in [1.807, 2.05) is 46.0 Å². The maximum Gasteiger partial charge on any atom is 0.251 e. The number of hydrogen-bond acceptors (Lipinski definition) is 6. The lowest BCUT2D eigenvalue weighted by molar-refractivity contribution is -0.162. The third-order valence-electron chi connectivity index (χ3n) is 7.14. The molecule has 2 aliphatic heterocycles. The van der Waals surface area contributed by atoms with Crippen molar-refractivity contribution in [2.45, 2.75) is 70.7 Å². The summed E-state index contributed by atoms with van der Waals surface area (Å²) in [6.45, 7) is 9.84. The van der Waals surface area contributed by atoms with Crippen LogP contribution in [0.2, 0.25) is 5.02 Å². The standard InChI is InChI=1S/C31H33ClN4O3/c1-30(2)14-22(15-31(3,4)39-30)36-29(37)19-8-9-28(25(32)13-19)38-27-7-5-6-23(24(27)16-33)20-12-21-17-34-11-10-26(21)35-18-20/h5-9,12-13,18,22,34H,10-11,14-15,17H2,1-4H3,(H,36,37). The van der Waals surface area contributed by atoms with Gasteiger partial charge < -0.3 is 20.1 Å². The van der Waals surface area contributed by atoms with Crippen LogP contribution in [0.1, 0.15) is 67.7 Å². The predicted molar refractivity (Wildman–Crippen MR) is 151 cm³/mol. The molecule has 1 amide bonds. The molecule has 0 atom stereocenters. The van der Waals surface area contributed by atoms with E-state index in [0.29, 0.717) is 22.6 Å². The fourth-order valence-electron chi connectivity index (χ4n) is 5.77. The van der Waals surface area contributed by atoms with Gasteiger partial charge in [-0.1, -0.05) is 23.7 Å². The second-order valence-corrected chi connectivity index (χ2v) is 11.9. The van der Waals surface area contributed by atoms with Gasteiger partial charge in [0.25, 0.3) is 5.91 Å². The lowest BCUT2D eigenvalue weighted by atomic mass is 9.85. The molecule has 1 aromatic heterocycles. The average Bonchev–Trinajstić information content (AvgIpc) is 2.87. The van der Waals surface area contributed by atoms with Crippen LogP contribution in [0.15, 0.2) is 48.7 Å². The van der Waals surface area contributed by atoms with Crippen molar-refractivity contribution in [1.29, 1.82) is 5.26 Å². The van der Waals surface area contributed by atoms with E-state index in [-0.39, 0.29) is 28.2 Å². The van der Waals surface area contributed by atoms with Crippen LogP contribution in [0, 0.1) is 11.3 Å². The van der Waals surface area contributed by atoms with Gasteiger partial charge in [0.15, 0.2) is 0 Å². The number of hydrogen-bond donors (Lipinski definition) is 2. The van der Waals surface area contributed by atoms with Gasteiger partial charge in [-0.25, -0.2) is 0 Å². The molecule has 8 heteroatoms. The fraction of sp³-hybridized carbons (Fsp3) is 0.387. The zero-order valence-corrected chi connectivity index (χ0v) is 23.5. The normalized spacial score (nSPS) is 18.1. The second-order valence-electron chi connectivity index (χ2n) is 11.5. The molecule has 0 saturated carbocycles. The molecule has 0 spiro atoms. The Morgan fingerprint density at radius 3 is 2.64 bits per heavy atom. The summed E-state index contributed by atoms with van der Waals surface area (Å²) in [5.41, 5.74) is 4.01. The van der Waals surface area contributed by atoms with E-state index in [0.717, 1.165) is 54.7 Å². The lowest BCUT2D eigenvalue weighted by Gasteiger charge is -2.45. The van der Waals surface area contributed by atoms with Gasteiger partial charge >= 0.3 is 0 Å². The number of ether oxygens (including phenoxy) is 2. The number of benzene rings is 2. The summed E-state index contributed by atoms with van der Waals surface area (Å²) in [6, 6.07) is 14.8. The predicted octanol–water partition coefficient (Wildman–Crippen LogP) is 6.18. The summed E-state index contributed by atoms with van der Waals surface area (Å²) < 4.78 is 12.2. The zero-order valence-electron chi connectivity index (χ0n) is 22.7. The largest absolute Gasteiger partial charge is 0.454 e. The third kappa shape index (κ3) is 6.09. The van der Waals surface area contributed by atoms with E-state index in [1.165, 1.54) is 0 Å². The van der Waals surface area contributed by atoms with Gasteiger partial charge in [0.1, 0.15) is 23.1 Å². The number of carbonyl (C=O) groups excluding carboxylic acids is 1. The number of halogens is 1. The van der Waals surface area contributed by atoms with Crippen molar-refractivity contribution < 1.29 is 14.3 Å². The van der Waals surface area contributed by atoms with E-state index < -0.39 is 0 Å². The highest BCUT2D eigenvalue weighted by Gasteiger charge is 2.39. The van der Waals surface area contributed by atoms with Gasteiger partial charge in [0, 0.05) is 54.1 Å². The smallest absolute Gasteiger partial charge is 0.251 e. The molecule has 0 bridgehead atoms. The Kier molecular flexibility index (Phi) is 7.39. The van der Waals surface area contributed by atoms with Crippen molar-refractivity contribution in [1.82, 2.24) is 15.6 Å². The lowest BCUT2D eigenvalue weighted by Crippen LogP contribution is -2.52. The monoisotopic (exact) mass is 544 g/mol. The SMILES string of the molecule is CC1(C)CC(NC(=O)c2ccc(Oc3cccc(-c4cnc5c(c4)CNCC5)c3C#N)c(Cl)c2)CC(C)(C)O1. The van der Waals surface area contributed by atoms with E-state index in [1.54, 1.807) is 24.3 Å². The van der Waals surface area contributed by atoms with Crippen molar-refractivity contribution >= 4 is 17.5 Å². The van der Waals surface area contributed by atoms with Gasteiger partial charge in [-0.15, -0.1) is 0 Å². The fourth-order valence-corrected chi connectivity index (χ4v) is 5.99. The van der Waals surface area contributed by atoms with Gasteiger partial charge in [-0.3, -0.25) is 9.78 Å². The molecule has 0 radical (unpaired) electrons. The Hall–Kier alpha value is -3.44. The Balaban J connectivity index is 1.35. The molecule has 0 unspecified atom stereocenters. The number of nitrogens with zero attached hydrogens (tertiary/aromatic N) is 2. The van der Waals surface area contributed by atoms with Crippen LogP contribution < -0.4 is 15.4 Å². The van der Waals surface area contributed by atoms with Crippen molar-refractivity contribution in [2.75, 3.05) is 6.54 Å². The highest BCUT2D eigenvalue weighted by Crippen LogP contribution is 2.37. The minimum absolute atomic E-state index is 0.0132. The molecule has 39 heavy (non-hydrogen) atoms. The summed E-state index contributed by atoms with van der Waals surface area (Å²) >= 11 is 6.56. The minimum Gasteiger partial charge on any atom is -0.454 e. The molecule has 2 N–H and O–H groups in total. The van der Waals surface area contributed by atoms with Crippen molar-refractivity contribution in [2.24, 2.45) is 0 Å². The van der Waals surface area contributed by atoms with E-state index in [2.05, 4.69) is 27.8 Å². The second kappa shape index (κ2) is 10.6. The van der Waals surface area contributed by atoms with Gasteiger partial charge in [0.05, 0.1) is 16.2 Å². The van der Waals surface area contributed by atoms with Crippen molar-refractivity contribution in [3.05, 3.63) is 76.1 Å². The maximum atomic E-state index is 13.1. The highest BCUT2D eigenvalue weighted by molar-refractivity contribution is 6.32. The number of fused-ring (bicyclic) bond motifs is 1. The summed E-state index contributed by atoms with van der Waals surface area (Å²) in [6.07, 6.45) is 4.15. The van der Waals surface area contributed by atoms with Crippen LogP contribution in [0.25, 0.3) is 11.1 Å². The molecule has 1 fully saturated rings. The Labute approximate surface area is 234 Å². The first kappa shape index (κ1) is 27.1. The Morgan fingerprint density at radius 2 is 1.92 bits per heavy atom. The maximum absolute atomic E-state index is 13.1. The molecule has 3 aromatic rings. The Morgan fingerprint density at radius 1 is 1.15 bits per heavy atom. The van der Waals surface area contributed by atoms with Crippen LogP contribution in [-0.4, -0.2) is 34.7 Å². The van der Waals surface area contributed by atoms with Gasteiger partial charge in [-0.2, -0.15) is 5.26 Å². The van der Waals surface area contributed by atoms with Crippen LogP contribution >= 0.6 is 11.6 Å². The first-order valence-electron chi connectivity index (χ1n) is 13.2. The first-order chi connectivity index (χ1) is 18.5. The molecule has 0 aliphatic carbocycles. The average molecular weight is 545 g/mol. The summed E-state index contributed by atoms with van der Waals surface area (Å²) in [7, 11) is 0. The molecule has 7 nitrogen and oxygen atoms in total. The minimum atomic E-state index is -0.325. The summed E-state index contributed by atoms with van der Waals surface area (Å²) in [4.78, 5) is 17.7. The summed E-state index contributed by atoms with van der Waals surface area (Å²) in [5.74, 6) is 0.552. The molecule has 2 aliphatic rings. The van der Waals surface area contributed by atoms with E-state index in [9.17, 15) is 10.1 Å². The number of carbonyl (C=O) groups is 1. The molecule has 5 rings (SSSR count). The molecular formula is C31H33ClN4O3. The molecule has 2 aromatic carbocycles. The Bertz CT molecular complexity index is 1440. The first-order valence-corrected chi connectivity index (χ1v) is 13.6. The van der Waals surface area contributed by atoms with Gasteiger partial charge in [0.2, 0.25) is 0 Å².